The number of nitrogens with one attached hydrogen (secondary N) is 1. The van der Waals surface area contributed by atoms with Crippen LogP contribution in [0.3, 0.4) is 0 Å². The number of piperidine rings is 1. The van der Waals surface area contributed by atoms with Crippen LogP contribution in [0.25, 0.3) is 0 Å². The van der Waals surface area contributed by atoms with Crippen molar-refractivity contribution < 1.29 is 14.3 Å². The number of carbonyl (C=O) groups is 2. The zero-order chi connectivity index (χ0) is 18.2. The predicted molar refractivity (Wildman–Crippen MR) is 103 cm³/mol. The molecule has 2 aromatic rings. The molecule has 0 aliphatic carbocycles. The first-order valence-electron chi connectivity index (χ1n) is 9.02. The Balaban J connectivity index is 1.38. The summed E-state index contributed by atoms with van der Waals surface area (Å²) in [5.74, 6) is 0.790. The highest BCUT2D eigenvalue weighted by Crippen LogP contribution is 2.20. The fraction of sp³-hybridized carbons (Fsp3) is 0.400. The second kappa shape index (κ2) is 9.38. The Morgan fingerprint density at radius 3 is 2.81 bits per heavy atom. The van der Waals surface area contributed by atoms with Crippen LogP contribution in [0.2, 0.25) is 0 Å². The van der Waals surface area contributed by atoms with Crippen molar-refractivity contribution in [1.29, 1.82) is 0 Å². The second-order valence-electron chi connectivity index (χ2n) is 6.37. The molecule has 0 spiro atoms. The smallest absolute Gasteiger partial charge is 0.263 e. The molecular formula is C20H24N2O3S. The van der Waals surface area contributed by atoms with Crippen molar-refractivity contribution in [2.75, 3.05) is 26.2 Å². The third-order valence-electron chi connectivity index (χ3n) is 4.44. The second-order valence-corrected chi connectivity index (χ2v) is 7.32. The van der Waals surface area contributed by atoms with E-state index in [9.17, 15) is 9.59 Å². The molecule has 1 N–H and O–H groups in total. The maximum absolute atomic E-state index is 12.5. The molecule has 2 amide bonds. The first-order chi connectivity index (χ1) is 12.7. The zero-order valence-corrected chi connectivity index (χ0v) is 15.5. The molecule has 1 aromatic heterocycles. The van der Waals surface area contributed by atoms with Crippen molar-refractivity contribution >= 4 is 23.2 Å². The van der Waals surface area contributed by atoms with Crippen LogP contribution in [0.4, 0.5) is 0 Å². The normalized spacial score (nSPS) is 16.9. The van der Waals surface area contributed by atoms with E-state index in [-0.39, 0.29) is 17.7 Å². The molecule has 6 heteroatoms. The Bertz CT molecular complexity index is 703. The largest absolute Gasteiger partial charge is 0.494 e. The minimum absolute atomic E-state index is 0.0355. The Morgan fingerprint density at radius 2 is 2.04 bits per heavy atom. The van der Waals surface area contributed by atoms with Crippen molar-refractivity contribution in [1.82, 2.24) is 10.2 Å². The molecular weight excluding hydrogens is 348 g/mol. The van der Waals surface area contributed by atoms with Gasteiger partial charge in [0.15, 0.2) is 0 Å². The van der Waals surface area contributed by atoms with E-state index in [0.717, 1.165) is 36.4 Å². The first-order valence-corrected chi connectivity index (χ1v) is 9.90. The summed E-state index contributed by atoms with van der Waals surface area (Å²) in [4.78, 5) is 27.4. The highest BCUT2D eigenvalue weighted by atomic mass is 32.1. The molecule has 5 nitrogen and oxygen atoms in total. The van der Waals surface area contributed by atoms with Gasteiger partial charge in [0.1, 0.15) is 5.75 Å². The lowest BCUT2D eigenvalue weighted by Gasteiger charge is -2.31. The number of para-hydroxylation sites is 1. The summed E-state index contributed by atoms with van der Waals surface area (Å²) in [5, 5.41) is 4.88. The van der Waals surface area contributed by atoms with Gasteiger partial charge in [-0.05, 0) is 42.8 Å². The average Bonchev–Trinajstić information content (AvgIpc) is 3.23. The molecule has 0 saturated carbocycles. The molecule has 1 unspecified atom stereocenters. The van der Waals surface area contributed by atoms with Crippen LogP contribution in [0.1, 0.15) is 28.9 Å². The molecule has 1 atom stereocenters. The van der Waals surface area contributed by atoms with Gasteiger partial charge >= 0.3 is 0 Å². The monoisotopic (exact) mass is 372 g/mol. The molecule has 1 aliphatic heterocycles. The molecule has 1 aliphatic rings. The molecule has 2 heterocycles. The van der Waals surface area contributed by atoms with Crippen LogP contribution in [0.5, 0.6) is 5.75 Å². The molecule has 1 saturated heterocycles. The number of amides is 2. The van der Waals surface area contributed by atoms with Crippen LogP contribution >= 0.6 is 11.3 Å². The van der Waals surface area contributed by atoms with Crippen molar-refractivity contribution in [2.24, 2.45) is 5.92 Å². The van der Waals surface area contributed by atoms with Crippen LogP contribution in [0.15, 0.2) is 47.8 Å². The number of likely N-dealkylation sites (tertiary alicyclic amines) is 1. The molecule has 26 heavy (non-hydrogen) atoms. The van der Waals surface area contributed by atoms with E-state index in [2.05, 4.69) is 5.32 Å². The number of thiophene rings is 1. The molecule has 1 aromatic carbocycles. The summed E-state index contributed by atoms with van der Waals surface area (Å²) in [6, 6.07) is 13.4. The standard InChI is InChI=1S/C20H24N2O3S/c23-19(21-11-6-13-25-17-8-2-1-3-9-17)16-7-4-12-22(15-16)20(24)18-10-5-14-26-18/h1-3,5,8-10,14,16H,4,6-7,11-13,15H2,(H,21,23). The minimum Gasteiger partial charge on any atom is -0.494 e. The Labute approximate surface area is 158 Å². The van der Waals surface area contributed by atoms with Gasteiger partial charge in [0.2, 0.25) is 5.91 Å². The lowest BCUT2D eigenvalue weighted by molar-refractivity contribution is -0.126. The number of ether oxygens (including phenoxy) is 1. The van der Waals surface area contributed by atoms with Gasteiger partial charge in [-0.1, -0.05) is 24.3 Å². The highest BCUT2D eigenvalue weighted by molar-refractivity contribution is 7.12. The van der Waals surface area contributed by atoms with E-state index in [1.54, 1.807) is 4.90 Å². The fourth-order valence-corrected chi connectivity index (χ4v) is 3.76. The number of carbonyl (C=O) groups excluding carboxylic acids is 2. The fourth-order valence-electron chi connectivity index (χ4n) is 3.07. The van der Waals surface area contributed by atoms with Crippen LogP contribution < -0.4 is 10.1 Å². The predicted octanol–water partition coefficient (Wildman–Crippen LogP) is 3.19. The average molecular weight is 372 g/mol. The maximum atomic E-state index is 12.5. The Kier molecular flexibility index (Phi) is 6.66. The van der Waals surface area contributed by atoms with Gasteiger partial charge < -0.3 is 15.0 Å². The molecule has 0 bridgehead atoms. The molecule has 138 valence electrons. The Morgan fingerprint density at radius 1 is 1.19 bits per heavy atom. The van der Waals surface area contributed by atoms with Gasteiger partial charge in [0.05, 0.1) is 17.4 Å². The van der Waals surface area contributed by atoms with Gasteiger partial charge in [0.25, 0.3) is 5.91 Å². The number of hydrogen-bond donors (Lipinski definition) is 1. The van der Waals surface area contributed by atoms with E-state index in [1.165, 1.54) is 11.3 Å². The van der Waals surface area contributed by atoms with Crippen LogP contribution in [-0.4, -0.2) is 43.0 Å². The zero-order valence-electron chi connectivity index (χ0n) is 14.7. The lowest BCUT2D eigenvalue weighted by atomic mass is 9.97. The van der Waals surface area contributed by atoms with Crippen molar-refractivity contribution in [3.63, 3.8) is 0 Å². The van der Waals surface area contributed by atoms with Gasteiger partial charge in [0, 0.05) is 19.6 Å². The first kappa shape index (κ1) is 18.5. The number of benzene rings is 1. The van der Waals surface area contributed by atoms with E-state index in [4.69, 9.17) is 4.74 Å². The number of hydrogen-bond acceptors (Lipinski definition) is 4. The van der Waals surface area contributed by atoms with E-state index in [1.807, 2.05) is 47.8 Å². The van der Waals surface area contributed by atoms with Gasteiger partial charge in [-0.3, -0.25) is 9.59 Å². The van der Waals surface area contributed by atoms with Crippen LogP contribution in [-0.2, 0) is 4.79 Å². The summed E-state index contributed by atoms with van der Waals surface area (Å²) in [6.07, 6.45) is 2.46. The summed E-state index contributed by atoms with van der Waals surface area (Å²) in [7, 11) is 0. The summed E-state index contributed by atoms with van der Waals surface area (Å²) in [5.41, 5.74) is 0. The van der Waals surface area contributed by atoms with Crippen molar-refractivity contribution in [3.8, 4) is 5.75 Å². The van der Waals surface area contributed by atoms with Gasteiger partial charge in [-0.15, -0.1) is 11.3 Å². The van der Waals surface area contributed by atoms with Crippen molar-refractivity contribution in [2.45, 2.75) is 19.3 Å². The van der Waals surface area contributed by atoms with Crippen LogP contribution in [0, 0.1) is 5.92 Å². The highest BCUT2D eigenvalue weighted by Gasteiger charge is 2.28. The molecule has 0 radical (unpaired) electrons. The van der Waals surface area contributed by atoms with Gasteiger partial charge in [-0.25, -0.2) is 0 Å². The number of nitrogens with zero attached hydrogens (tertiary/aromatic N) is 1. The quantitative estimate of drug-likeness (QED) is 0.760. The van der Waals surface area contributed by atoms with Crippen molar-refractivity contribution in [3.05, 3.63) is 52.7 Å². The lowest BCUT2D eigenvalue weighted by Crippen LogP contribution is -2.45. The number of rotatable bonds is 7. The SMILES string of the molecule is O=C(NCCCOc1ccccc1)C1CCCN(C(=O)c2cccs2)C1. The summed E-state index contributed by atoms with van der Waals surface area (Å²) >= 11 is 1.45. The third-order valence-corrected chi connectivity index (χ3v) is 5.30. The third kappa shape index (κ3) is 5.08. The molecule has 3 rings (SSSR count). The summed E-state index contributed by atoms with van der Waals surface area (Å²) in [6.45, 7) is 2.38. The minimum atomic E-state index is -0.122. The van der Waals surface area contributed by atoms with E-state index >= 15 is 0 Å². The Hall–Kier alpha value is -2.34. The topological polar surface area (TPSA) is 58.6 Å². The molecule has 1 fully saturated rings. The summed E-state index contributed by atoms with van der Waals surface area (Å²) < 4.78 is 5.62. The van der Waals surface area contributed by atoms with E-state index in [0.29, 0.717) is 19.7 Å². The van der Waals surface area contributed by atoms with Gasteiger partial charge in [-0.2, -0.15) is 0 Å². The maximum Gasteiger partial charge on any atom is 0.263 e. The van der Waals surface area contributed by atoms with E-state index < -0.39 is 0 Å².